The topological polar surface area (TPSA) is 53.5 Å². The monoisotopic (exact) mass is 369 g/mol. The highest BCUT2D eigenvalue weighted by molar-refractivity contribution is 5.86. The van der Waals surface area contributed by atoms with E-state index in [9.17, 15) is 9.59 Å². The van der Waals surface area contributed by atoms with Crippen LogP contribution in [-0.4, -0.2) is 52.3 Å². The summed E-state index contributed by atoms with van der Waals surface area (Å²) in [6.07, 6.45) is 11.9. The van der Waals surface area contributed by atoms with E-state index in [0.29, 0.717) is 31.3 Å². The van der Waals surface area contributed by atoms with Gasteiger partial charge in [-0.3, -0.25) is 14.6 Å². The molecule has 1 aromatic rings. The van der Waals surface area contributed by atoms with Crippen molar-refractivity contribution in [3.8, 4) is 0 Å². The van der Waals surface area contributed by atoms with Gasteiger partial charge >= 0.3 is 0 Å². The number of amides is 2. The molecular weight excluding hydrogens is 338 g/mol. The molecule has 0 aromatic carbocycles. The van der Waals surface area contributed by atoms with E-state index in [1.165, 1.54) is 19.3 Å². The van der Waals surface area contributed by atoms with Gasteiger partial charge in [0.2, 0.25) is 11.8 Å². The van der Waals surface area contributed by atoms with E-state index in [1.54, 1.807) is 6.20 Å². The number of pyridine rings is 1. The van der Waals surface area contributed by atoms with Crippen molar-refractivity contribution in [3.05, 3.63) is 30.1 Å². The molecule has 1 saturated carbocycles. The molecule has 3 heterocycles. The summed E-state index contributed by atoms with van der Waals surface area (Å²) in [5, 5.41) is 0. The minimum atomic E-state index is -0.309. The SMILES string of the molecule is O=C(CCc1ccccn1)N1CC[C@]2(CCCN(C3CCCCC3)C2=O)C1. The van der Waals surface area contributed by atoms with Crippen molar-refractivity contribution in [1.82, 2.24) is 14.8 Å². The smallest absolute Gasteiger partial charge is 0.230 e. The fourth-order valence-electron chi connectivity index (χ4n) is 5.25. The Morgan fingerprint density at radius 2 is 1.96 bits per heavy atom. The van der Waals surface area contributed by atoms with E-state index >= 15 is 0 Å². The molecule has 3 fully saturated rings. The molecule has 146 valence electrons. The van der Waals surface area contributed by atoms with E-state index in [1.807, 2.05) is 23.1 Å². The predicted octanol–water partition coefficient (Wildman–Crippen LogP) is 3.19. The quantitative estimate of drug-likeness (QED) is 0.819. The molecule has 27 heavy (non-hydrogen) atoms. The number of carbonyl (C=O) groups excluding carboxylic acids is 2. The van der Waals surface area contributed by atoms with Crippen LogP contribution in [0.1, 0.15) is 63.5 Å². The second-order valence-corrected chi connectivity index (χ2v) is 8.56. The summed E-state index contributed by atoms with van der Waals surface area (Å²) in [6, 6.07) is 6.25. The Morgan fingerprint density at radius 3 is 2.74 bits per heavy atom. The lowest BCUT2D eigenvalue weighted by Crippen LogP contribution is -2.54. The molecule has 1 atom stereocenters. The average Bonchev–Trinajstić information content (AvgIpc) is 3.15. The highest BCUT2D eigenvalue weighted by Crippen LogP contribution is 2.42. The van der Waals surface area contributed by atoms with Gasteiger partial charge in [0.1, 0.15) is 0 Å². The van der Waals surface area contributed by atoms with Gasteiger partial charge in [0.25, 0.3) is 0 Å². The molecule has 1 spiro atoms. The highest BCUT2D eigenvalue weighted by Gasteiger charge is 2.50. The van der Waals surface area contributed by atoms with E-state index < -0.39 is 0 Å². The largest absolute Gasteiger partial charge is 0.342 e. The first-order chi connectivity index (χ1) is 13.2. The number of aryl methyl sites for hydroxylation is 1. The van der Waals surface area contributed by atoms with Gasteiger partial charge in [-0.2, -0.15) is 0 Å². The number of piperidine rings is 1. The Labute approximate surface area is 162 Å². The van der Waals surface area contributed by atoms with Crippen LogP contribution < -0.4 is 0 Å². The van der Waals surface area contributed by atoms with Crippen LogP contribution in [0, 0.1) is 5.41 Å². The van der Waals surface area contributed by atoms with Crippen LogP contribution in [0.15, 0.2) is 24.4 Å². The lowest BCUT2D eigenvalue weighted by molar-refractivity contribution is -0.149. The fourth-order valence-corrected chi connectivity index (χ4v) is 5.25. The number of rotatable bonds is 4. The summed E-state index contributed by atoms with van der Waals surface area (Å²) in [5.41, 5.74) is 0.646. The summed E-state index contributed by atoms with van der Waals surface area (Å²) >= 11 is 0. The van der Waals surface area contributed by atoms with E-state index in [-0.39, 0.29) is 11.3 Å². The molecule has 1 aliphatic carbocycles. The van der Waals surface area contributed by atoms with Crippen molar-refractivity contribution < 1.29 is 9.59 Å². The van der Waals surface area contributed by atoms with Crippen LogP contribution in [0.5, 0.6) is 0 Å². The molecule has 0 radical (unpaired) electrons. The van der Waals surface area contributed by atoms with Crippen molar-refractivity contribution in [2.45, 2.75) is 70.3 Å². The third kappa shape index (κ3) is 3.87. The second kappa shape index (κ2) is 7.99. The lowest BCUT2D eigenvalue weighted by Gasteiger charge is -2.44. The zero-order valence-corrected chi connectivity index (χ0v) is 16.2. The van der Waals surface area contributed by atoms with E-state index in [2.05, 4.69) is 9.88 Å². The van der Waals surface area contributed by atoms with Crippen LogP contribution >= 0.6 is 0 Å². The number of aromatic nitrogens is 1. The summed E-state index contributed by atoms with van der Waals surface area (Å²) in [4.78, 5) is 34.5. The standard InChI is InChI=1S/C22H31N3O2/c26-20(11-10-18-7-4-5-14-23-18)24-16-13-22(17-24)12-6-15-25(21(22)27)19-8-2-1-3-9-19/h4-5,7,14,19H,1-3,6,8-13,15-17H2/t22-/m1/s1. The number of nitrogens with zero attached hydrogens (tertiary/aromatic N) is 3. The maximum Gasteiger partial charge on any atom is 0.230 e. The van der Waals surface area contributed by atoms with Gasteiger partial charge in [0, 0.05) is 44.0 Å². The third-order valence-corrected chi connectivity index (χ3v) is 6.81. The van der Waals surface area contributed by atoms with Crippen molar-refractivity contribution >= 4 is 11.8 Å². The summed E-state index contributed by atoms with van der Waals surface area (Å²) in [5.74, 6) is 0.501. The van der Waals surface area contributed by atoms with E-state index in [0.717, 1.165) is 50.9 Å². The Bertz CT molecular complexity index is 671. The molecule has 5 nitrogen and oxygen atoms in total. The fraction of sp³-hybridized carbons (Fsp3) is 0.682. The van der Waals surface area contributed by atoms with Crippen molar-refractivity contribution in [2.24, 2.45) is 5.41 Å². The first-order valence-corrected chi connectivity index (χ1v) is 10.7. The molecule has 5 heteroatoms. The Morgan fingerprint density at radius 1 is 1.11 bits per heavy atom. The van der Waals surface area contributed by atoms with Crippen LogP contribution in [0.2, 0.25) is 0 Å². The van der Waals surface area contributed by atoms with Crippen molar-refractivity contribution in [2.75, 3.05) is 19.6 Å². The Kier molecular flexibility index (Phi) is 5.46. The van der Waals surface area contributed by atoms with Crippen molar-refractivity contribution in [1.29, 1.82) is 0 Å². The van der Waals surface area contributed by atoms with Crippen LogP contribution in [0.3, 0.4) is 0 Å². The third-order valence-electron chi connectivity index (χ3n) is 6.81. The Hall–Kier alpha value is -1.91. The van der Waals surface area contributed by atoms with Crippen molar-refractivity contribution in [3.63, 3.8) is 0 Å². The summed E-state index contributed by atoms with van der Waals surface area (Å²) in [6.45, 7) is 2.26. The number of carbonyl (C=O) groups is 2. The van der Waals surface area contributed by atoms with Gasteiger partial charge in [-0.1, -0.05) is 25.3 Å². The average molecular weight is 370 g/mol. The molecule has 2 aliphatic heterocycles. The molecule has 3 aliphatic rings. The predicted molar refractivity (Wildman–Crippen MR) is 104 cm³/mol. The second-order valence-electron chi connectivity index (χ2n) is 8.56. The maximum atomic E-state index is 13.4. The minimum Gasteiger partial charge on any atom is -0.342 e. The van der Waals surface area contributed by atoms with Gasteiger partial charge in [0.15, 0.2) is 0 Å². The molecule has 2 saturated heterocycles. The number of hydrogen-bond acceptors (Lipinski definition) is 3. The molecular formula is C22H31N3O2. The van der Waals surface area contributed by atoms with Gasteiger partial charge in [0.05, 0.1) is 5.41 Å². The Balaban J connectivity index is 1.36. The molecule has 0 bridgehead atoms. The van der Waals surface area contributed by atoms with Crippen LogP contribution in [0.25, 0.3) is 0 Å². The van der Waals surface area contributed by atoms with Gasteiger partial charge < -0.3 is 9.80 Å². The molecule has 0 unspecified atom stereocenters. The summed E-state index contributed by atoms with van der Waals surface area (Å²) < 4.78 is 0. The number of hydrogen-bond donors (Lipinski definition) is 0. The molecule has 0 N–H and O–H groups in total. The normalized spacial score (nSPS) is 26.7. The van der Waals surface area contributed by atoms with Crippen LogP contribution in [0.4, 0.5) is 0 Å². The summed E-state index contributed by atoms with van der Waals surface area (Å²) in [7, 11) is 0. The zero-order valence-electron chi connectivity index (χ0n) is 16.2. The van der Waals surface area contributed by atoms with Crippen LogP contribution in [-0.2, 0) is 16.0 Å². The maximum absolute atomic E-state index is 13.4. The minimum absolute atomic E-state index is 0.167. The van der Waals surface area contributed by atoms with Gasteiger partial charge in [-0.25, -0.2) is 0 Å². The highest BCUT2D eigenvalue weighted by atomic mass is 16.2. The van der Waals surface area contributed by atoms with Gasteiger partial charge in [-0.05, 0) is 50.7 Å². The van der Waals surface area contributed by atoms with E-state index in [4.69, 9.17) is 0 Å². The lowest BCUT2D eigenvalue weighted by atomic mass is 9.77. The van der Waals surface area contributed by atoms with Gasteiger partial charge in [-0.15, -0.1) is 0 Å². The zero-order chi connectivity index (χ0) is 18.7. The molecule has 1 aromatic heterocycles. The number of likely N-dealkylation sites (tertiary alicyclic amines) is 2. The molecule has 2 amide bonds. The first-order valence-electron chi connectivity index (χ1n) is 10.7. The molecule has 4 rings (SSSR count). The first kappa shape index (κ1) is 18.5.